The Morgan fingerprint density at radius 2 is 2.13 bits per heavy atom. The molecule has 3 nitrogen and oxygen atoms in total. The smallest absolute Gasteiger partial charge is 0.0455 e. The van der Waals surface area contributed by atoms with Gasteiger partial charge in [-0.3, -0.25) is 4.98 Å². The number of anilines is 1. The van der Waals surface area contributed by atoms with E-state index in [-0.39, 0.29) is 0 Å². The van der Waals surface area contributed by atoms with Gasteiger partial charge in [-0.1, -0.05) is 0 Å². The van der Waals surface area contributed by atoms with E-state index in [2.05, 4.69) is 27.3 Å². The molecule has 0 aromatic carbocycles. The third kappa shape index (κ3) is 1.61. The van der Waals surface area contributed by atoms with Gasteiger partial charge in [-0.2, -0.15) is 0 Å². The molecule has 0 amide bonds. The van der Waals surface area contributed by atoms with E-state index in [0.29, 0.717) is 12.1 Å². The van der Waals surface area contributed by atoms with Crippen LogP contribution in [-0.4, -0.2) is 30.2 Å². The zero-order valence-electron chi connectivity index (χ0n) is 8.89. The number of nitrogens with zero attached hydrogens (tertiary/aromatic N) is 2. The van der Waals surface area contributed by atoms with Gasteiger partial charge in [0.1, 0.15) is 0 Å². The highest BCUT2D eigenvalue weighted by atomic mass is 15.2. The van der Waals surface area contributed by atoms with Gasteiger partial charge in [0, 0.05) is 36.7 Å². The molecule has 3 rings (SSSR count). The van der Waals surface area contributed by atoms with Crippen molar-refractivity contribution in [2.24, 2.45) is 0 Å². The van der Waals surface area contributed by atoms with Crippen molar-refractivity contribution in [2.45, 2.75) is 31.3 Å². The number of rotatable bonds is 1. The van der Waals surface area contributed by atoms with E-state index in [0.717, 1.165) is 0 Å². The van der Waals surface area contributed by atoms with Crippen LogP contribution in [0.3, 0.4) is 0 Å². The summed E-state index contributed by atoms with van der Waals surface area (Å²) in [5, 5.41) is 3.60. The molecule has 1 aromatic heterocycles. The number of nitrogens with one attached hydrogen (secondary N) is 1. The van der Waals surface area contributed by atoms with E-state index in [1.807, 2.05) is 12.4 Å². The van der Waals surface area contributed by atoms with Crippen LogP contribution in [0.2, 0.25) is 0 Å². The molecule has 2 saturated heterocycles. The monoisotopic (exact) mass is 203 g/mol. The molecule has 2 atom stereocenters. The average molecular weight is 203 g/mol. The first-order valence-corrected chi connectivity index (χ1v) is 5.85. The Hall–Kier alpha value is -1.09. The van der Waals surface area contributed by atoms with Gasteiger partial charge in [0.25, 0.3) is 0 Å². The number of piperidine rings is 1. The van der Waals surface area contributed by atoms with Crippen molar-refractivity contribution in [3.8, 4) is 0 Å². The van der Waals surface area contributed by atoms with E-state index in [1.165, 1.54) is 38.0 Å². The summed E-state index contributed by atoms with van der Waals surface area (Å²) in [6.45, 7) is 2.38. The molecule has 3 heteroatoms. The first-order chi connectivity index (χ1) is 7.45. The molecule has 2 aliphatic rings. The Bertz CT molecular complexity index is 325. The predicted molar refractivity (Wildman–Crippen MR) is 61.0 cm³/mol. The lowest BCUT2D eigenvalue weighted by Crippen LogP contribution is -2.48. The summed E-state index contributed by atoms with van der Waals surface area (Å²) in [6.07, 6.45) is 7.71. The van der Waals surface area contributed by atoms with Crippen LogP contribution < -0.4 is 10.2 Å². The molecule has 2 aliphatic heterocycles. The fraction of sp³-hybridized carbons (Fsp3) is 0.583. The summed E-state index contributed by atoms with van der Waals surface area (Å²) >= 11 is 0. The number of aromatic nitrogens is 1. The molecule has 1 aromatic rings. The summed E-state index contributed by atoms with van der Waals surface area (Å²) in [6, 6.07) is 5.68. The number of fused-ring (bicyclic) bond motifs is 1. The van der Waals surface area contributed by atoms with Crippen molar-refractivity contribution >= 4 is 5.69 Å². The lowest BCUT2D eigenvalue weighted by Gasteiger charge is -2.39. The predicted octanol–water partition coefficient (Wildman–Crippen LogP) is 1.41. The molecule has 0 bridgehead atoms. The highest BCUT2D eigenvalue weighted by molar-refractivity contribution is 5.47. The fourth-order valence-corrected chi connectivity index (χ4v) is 2.92. The number of hydrogen-bond acceptors (Lipinski definition) is 3. The van der Waals surface area contributed by atoms with Crippen LogP contribution in [0.15, 0.2) is 24.5 Å². The van der Waals surface area contributed by atoms with Gasteiger partial charge in [-0.05, 0) is 37.9 Å². The highest BCUT2D eigenvalue weighted by Crippen LogP contribution is 2.28. The van der Waals surface area contributed by atoms with Gasteiger partial charge < -0.3 is 10.2 Å². The molecule has 80 valence electrons. The van der Waals surface area contributed by atoms with E-state index in [1.54, 1.807) is 0 Å². The minimum atomic E-state index is 0.709. The second-order valence-electron chi connectivity index (χ2n) is 4.46. The molecule has 15 heavy (non-hydrogen) atoms. The largest absolute Gasteiger partial charge is 0.367 e. The zero-order valence-corrected chi connectivity index (χ0v) is 8.89. The summed E-state index contributed by atoms with van der Waals surface area (Å²) in [5.74, 6) is 0. The third-order valence-electron chi connectivity index (χ3n) is 3.62. The molecule has 0 saturated carbocycles. The topological polar surface area (TPSA) is 28.2 Å². The lowest BCUT2D eigenvalue weighted by molar-refractivity contribution is 0.412. The lowest BCUT2D eigenvalue weighted by atomic mass is 9.97. The number of hydrogen-bond donors (Lipinski definition) is 1. The highest BCUT2D eigenvalue weighted by Gasteiger charge is 2.34. The van der Waals surface area contributed by atoms with Crippen LogP contribution in [0, 0.1) is 0 Å². The van der Waals surface area contributed by atoms with E-state index in [9.17, 15) is 0 Å². The van der Waals surface area contributed by atoms with Gasteiger partial charge in [-0.15, -0.1) is 0 Å². The quantitative estimate of drug-likeness (QED) is 0.748. The fourth-order valence-electron chi connectivity index (χ4n) is 2.92. The van der Waals surface area contributed by atoms with E-state index >= 15 is 0 Å². The molecule has 2 unspecified atom stereocenters. The minimum Gasteiger partial charge on any atom is -0.367 e. The summed E-state index contributed by atoms with van der Waals surface area (Å²) in [4.78, 5) is 6.63. The Labute approximate surface area is 90.5 Å². The molecule has 0 spiro atoms. The summed E-state index contributed by atoms with van der Waals surface area (Å²) in [5.41, 5.74) is 1.34. The van der Waals surface area contributed by atoms with Crippen molar-refractivity contribution in [3.05, 3.63) is 24.5 Å². The first-order valence-electron chi connectivity index (χ1n) is 5.85. The standard InChI is InChI=1S/C12H17N3/c1-2-11-12(5-8-14-11)15(9-1)10-3-6-13-7-4-10/h3-4,6-7,11-12,14H,1-2,5,8-9H2. The summed E-state index contributed by atoms with van der Waals surface area (Å²) < 4.78 is 0. The Balaban J connectivity index is 1.85. The maximum Gasteiger partial charge on any atom is 0.0455 e. The number of pyridine rings is 1. The molecule has 0 aliphatic carbocycles. The van der Waals surface area contributed by atoms with Crippen LogP contribution in [0.25, 0.3) is 0 Å². The maximum atomic E-state index is 4.08. The van der Waals surface area contributed by atoms with Crippen LogP contribution >= 0.6 is 0 Å². The van der Waals surface area contributed by atoms with Gasteiger partial charge in [0.15, 0.2) is 0 Å². The molecule has 1 N–H and O–H groups in total. The van der Waals surface area contributed by atoms with Crippen LogP contribution in [0.1, 0.15) is 19.3 Å². The van der Waals surface area contributed by atoms with Crippen LogP contribution in [0.4, 0.5) is 5.69 Å². The van der Waals surface area contributed by atoms with E-state index in [4.69, 9.17) is 0 Å². The molecule has 2 fully saturated rings. The van der Waals surface area contributed by atoms with Crippen molar-refractivity contribution in [2.75, 3.05) is 18.0 Å². The Morgan fingerprint density at radius 1 is 1.27 bits per heavy atom. The van der Waals surface area contributed by atoms with Crippen LogP contribution in [-0.2, 0) is 0 Å². The Kier molecular flexibility index (Phi) is 2.33. The van der Waals surface area contributed by atoms with Crippen molar-refractivity contribution in [1.29, 1.82) is 0 Å². The maximum absolute atomic E-state index is 4.08. The van der Waals surface area contributed by atoms with E-state index < -0.39 is 0 Å². The zero-order chi connectivity index (χ0) is 10.1. The SMILES string of the molecule is c1cc(N2CCCC3NCCC32)ccn1. The van der Waals surface area contributed by atoms with Crippen molar-refractivity contribution < 1.29 is 0 Å². The molecule has 3 heterocycles. The van der Waals surface area contributed by atoms with Crippen molar-refractivity contribution in [3.63, 3.8) is 0 Å². The van der Waals surface area contributed by atoms with Gasteiger partial charge >= 0.3 is 0 Å². The second kappa shape index (κ2) is 3.81. The molecule has 0 radical (unpaired) electrons. The van der Waals surface area contributed by atoms with Gasteiger partial charge in [-0.25, -0.2) is 0 Å². The second-order valence-corrected chi connectivity index (χ2v) is 4.46. The minimum absolute atomic E-state index is 0.709. The first kappa shape index (κ1) is 9.16. The van der Waals surface area contributed by atoms with Crippen LogP contribution in [0.5, 0.6) is 0 Å². The summed E-state index contributed by atoms with van der Waals surface area (Å²) in [7, 11) is 0. The molecular weight excluding hydrogens is 186 g/mol. The van der Waals surface area contributed by atoms with Gasteiger partial charge in [0.2, 0.25) is 0 Å². The Morgan fingerprint density at radius 3 is 3.00 bits per heavy atom. The third-order valence-corrected chi connectivity index (χ3v) is 3.62. The average Bonchev–Trinajstić information content (AvgIpc) is 2.78. The molecular formula is C12H17N3. The normalized spacial score (nSPS) is 30.3. The van der Waals surface area contributed by atoms with Gasteiger partial charge in [0.05, 0.1) is 0 Å². The van der Waals surface area contributed by atoms with Crippen molar-refractivity contribution in [1.82, 2.24) is 10.3 Å².